The molecule has 6 nitrogen and oxygen atoms in total. The molecular weight excluding hydrogens is 272 g/mol. The van der Waals surface area contributed by atoms with E-state index in [0.29, 0.717) is 18.0 Å². The fourth-order valence-electron chi connectivity index (χ4n) is 1.84. The topological polar surface area (TPSA) is 78.9 Å². The van der Waals surface area contributed by atoms with Crippen LogP contribution in [0.2, 0.25) is 0 Å². The highest BCUT2D eigenvalue weighted by Crippen LogP contribution is 2.16. The van der Waals surface area contributed by atoms with Gasteiger partial charge in [0.1, 0.15) is 5.75 Å². The molecule has 0 aromatic heterocycles. The fraction of sp³-hybridized carbons (Fsp3) is 0.467. The molecule has 0 unspecified atom stereocenters. The highest BCUT2D eigenvalue weighted by atomic mass is 16.5. The van der Waals surface area contributed by atoms with Gasteiger partial charge in [-0.1, -0.05) is 6.07 Å². The highest BCUT2D eigenvalue weighted by molar-refractivity contribution is 5.92. The quantitative estimate of drug-likeness (QED) is 0.764. The van der Waals surface area contributed by atoms with E-state index in [1.165, 1.54) is 0 Å². The Balaban J connectivity index is 2.58. The van der Waals surface area contributed by atoms with Crippen molar-refractivity contribution in [1.29, 1.82) is 0 Å². The van der Waals surface area contributed by atoms with Crippen molar-refractivity contribution in [2.45, 2.75) is 26.3 Å². The van der Waals surface area contributed by atoms with Crippen LogP contribution in [-0.4, -0.2) is 48.1 Å². The van der Waals surface area contributed by atoms with Gasteiger partial charge in [-0.3, -0.25) is 14.5 Å². The van der Waals surface area contributed by atoms with Crippen molar-refractivity contribution in [3.63, 3.8) is 0 Å². The van der Waals surface area contributed by atoms with Crippen LogP contribution in [0.15, 0.2) is 24.3 Å². The predicted molar refractivity (Wildman–Crippen MR) is 80.6 cm³/mol. The van der Waals surface area contributed by atoms with Gasteiger partial charge in [0.05, 0.1) is 20.1 Å². The van der Waals surface area contributed by atoms with E-state index in [0.717, 1.165) is 0 Å². The van der Waals surface area contributed by atoms with Crippen molar-refractivity contribution in [1.82, 2.24) is 4.90 Å². The number of anilines is 1. The Bertz CT molecular complexity index is 488. The van der Waals surface area contributed by atoms with Gasteiger partial charge < -0.3 is 15.2 Å². The molecule has 0 bridgehead atoms. The summed E-state index contributed by atoms with van der Waals surface area (Å²) < 4.78 is 5.09. The maximum atomic E-state index is 12.0. The van der Waals surface area contributed by atoms with Gasteiger partial charge in [0.25, 0.3) is 0 Å². The van der Waals surface area contributed by atoms with E-state index >= 15 is 0 Å². The summed E-state index contributed by atoms with van der Waals surface area (Å²) in [5.74, 6) is -0.379. The monoisotopic (exact) mass is 294 g/mol. The molecule has 0 fully saturated rings. The molecule has 1 aromatic rings. The Kier molecular flexibility index (Phi) is 6.68. The van der Waals surface area contributed by atoms with E-state index in [4.69, 9.17) is 9.84 Å². The Labute approximate surface area is 124 Å². The molecule has 0 spiro atoms. The summed E-state index contributed by atoms with van der Waals surface area (Å²) in [6.07, 6.45) is 0.0185. The number of hydrogen-bond acceptors (Lipinski definition) is 4. The maximum absolute atomic E-state index is 12.0. The molecule has 0 atom stereocenters. The second kappa shape index (κ2) is 8.26. The minimum Gasteiger partial charge on any atom is -0.497 e. The van der Waals surface area contributed by atoms with Crippen LogP contribution in [0.25, 0.3) is 0 Å². The number of hydrogen-bond donors (Lipinski definition) is 2. The molecule has 0 aliphatic heterocycles. The van der Waals surface area contributed by atoms with Crippen molar-refractivity contribution in [3.05, 3.63) is 24.3 Å². The Morgan fingerprint density at radius 1 is 1.38 bits per heavy atom. The standard InChI is InChI=1S/C15H22N2O4/c1-11(2)17(8-7-15(19)20)10-14(18)16-12-5-4-6-13(9-12)21-3/h4-6,9,11H,7-8,10H2,1-3H3,(H,16,18)(H,19,20). The normalized spacial score (nSPS) is 10.7. The first-order chi connectivity index (χ1) is 9.92. The van der Waals surface area contributed by atoms with Crippen molar-refractivity contribution in [3.8, 4) is 5.75 Å². The minimum absolute atomic E-state index is 0.0185. The average Bonchev–Trinajstić information content (AvgIpc) is 2.43. The van der Waals surface area contributed by atoms with Crippen LogP contribution in [0, 0.1) is 0 Å². The third kappa shape index (κ3) is 6.27. The number of amides is 1. The van der Waals surface area contributed by atoms with E-state index in [9.17, 15) is 9.59 Å². The number of benzene rings is 1. The Hall–Kier alpha value is -2.08. The molecule has 0 heterocycles. The highest BCUT2D eigenvalue weighted by Gasteiger charge is 2.15. The molecule has 0 aliphatic carbocycles. The van der Waals surface area contributed by atoms with Gasteiger partial charge in [-0.2, -0.15) is 0 Å². The molecule has 1 rings (SSSR count). The summed E-state index contributed by atoms with van der Waals surface area (Å²) >= 11 is 0. The largest absolute Gasteiger partial charge is 0.497 e. The average molecular weight is 294 g/mol. The van der Waals surface area contributed by atoms with Crippen molar-refractivity contribution in [2.24, 2.45) is 0 Å². The molecule has 1 aromatic carbocycles. The Morgan fingerprint density at radius 3 is 2.67 bits per heavy atom. The number of nitrogens with zero attached hydrogens (tertiary/aromatic N) is 1. The van der Waals surface area contributed by atoms with Crippen LogP contribution in [0.1, 0.15) is 20.3 Å². The van der Waals surface area contributed by atoms with Gasteiger partial charge in [0.2, 0.25) is 5.91 Å². The van der Waals surface area contributed by atoms with Crippen molar-refractivity contribution in [2.75, 3.05) is 25.5 Å². The van der Waals surface area contributed by atoms with E-state index in [1.807, 2.05) is 18.7 Å². The molecule has 0 saturated carbocycles. The number of aliphatic carboxylic acids is 1. The van der Waals surface area contributed by atoms with Crippen LogP contribution in [0.4, 0.5) is 5.69 Å². The minimum atomic E-state index is -0.867. The summed E-state index contributed by atoms with van der Waals surface area (Å²) in [6.45, 7) is 4.36. The molecule has 0 radical (unpaired) electrons. The summed E-state index contributed by atoms with van der Waals surface area (Å²) in [7, 11) is 1.56. The number of ether oxygens (including phenoxy) is 1. The zero-order valence-electron chi connectivity index (χ0n) is 12.6. The predicted octanol–water partition coefficient (Wildman–Crippen LogP) is 1.82. The van der Waals surface area contributed by atoms with Crippen molar-refractivity contribution < 1.29 is 19.4 Å². The zero-order valence-corrected chi connectivity index (χ0v) is 12.6. The molecule has 6 heteroatoms. The molecule has 0 saturated heterocycles. The molecular formula is C15H22N2O4. The third-order valence-corrected chi connectivity index (χ3v) is 3.04. The number of nitrogens with one attached hydrogen (secondary N) is 1. The van der Waals surface area contributed by atoms with Crippen LogP contribution in [0.5, 0.6) is 5.75 Å². The number of carbonyl (C=O) groups excluding carboxylic acids is 1. The summed E-state index contributed by atoms with van der Waals surface area (Å²) in [4.78, 5) is 24.5. The van der Waals surface area contributed by atoms with Gasteiger partial charge in [-0.25, -0.2) is 0 Å². The fourth-order valence-corrected chi connectivity index (χ4v) is 1.84. The smallest absolute Gasteiger partial charge is 0.304 e. The SMILES string of the molecule is COc1cccc(NC(=O)CN(CCC(=O)O)C(C)C)c1. The molecule has 1 amide bonds. The number of carboxylic acids is 1. The van der Waals surface area contributed by atoms with Gasteiger partial charge in [0.15, 0.2) is 0 Å². The van der Waals surface area contributed by atoms with Crippen LogP contribution < -0.4 is 10.1 Å². The van der Waals surface area contributed by atoms with E-state index in [2.05, 4.69) is 5.32 Å². The lowest BCUT2D eigenvalue weighted by Crippen LogP contribution is -2.39. The van der Waals surface area contributed by atoms with Crippen LogP contribution in [0.3, 0.4) is 0 Å². The van der Waals surface area contributed by atoms with Gasteiger partial charge in [-0.15, -0.1) is 0 Å². The van der Waals surface area contributed by atoms with E-state index in [1.54, 1.807) is 31.4 Å². The van der Waals surface area contributed by atoms with E-state index in [-0.39, 0.29) is 24.9 Å². The lowest BCUT2D eigenvalue weighted by Gasteiger charge is -2.25. The van der Waals surface area contributed by atoms with Crippen molar-refractivity contribution >= 4 is 17.6 Å². The molecule has 0 aliphatic rings. The lowest BCUT2D eigenvalue weighted by molar-refractivity contribution is -0.137. The van der Waals surface area contributed by atoms with Gasteiger partial charge in [-0.05, 0) is 26.0 Å². The summed E-state index contributed by atoms with van der Waals surface area (Å²) in [6, 6.07) is 7.19. The molecule has 2 N–H and O–H groups in total. The second-order valence-electron chi connectivity index (χ2n) is 4.99. The number of methoxy groups -OCH3 is 1. The first-order valence-corrected chi connectivity index (χ1v) is 6.82. The van der Waals surface area contributed by atoms with E-state index < -0.39 is 5.97 Å². The van der Waals surface area contributed by atoms with Crippen LogP contribution in [-0.2, 0) is 9.59 Å². The van der Waals surface area contributed by atoms with Gasteiger partial charge >= 0.3 is 5.97 Å². The number of carbonyl (C=O) groups is 2. The van der Waals surface area contributed by atoms with Crippen LogP contribution >= 0.6 is 0 Å². The first-order valence-electron chi connectivity index (χ1n) is 6.82. The summed E-state index contributed by atoms with van der Waals surface area (Å²) in [5, 5.41) is 11.5. The number of carboxylic acid groups (broad SMARTS) is 1. The Morgan fingerprint density at radius 2 is 2.10 bits per heavy atom. The second-order valence-corrected chi connectivity index (χ2v) is 4.99. The number of rotatable bonds is 8. The van der Waals surface area contributed by atoms with Gasteiger partial charge in [0, 0.05) is 24.3 Å². The molecule has 21 heavy (non-hydrogen) atoms. The zero-order chi connectivity index (χ0) is 15.8. The summed E-state index contributed by atoms with van der Waals surface area (Å²) in [5.41, 5.74) is 0.654. The lowest BCUT2D eigenvalue weighted by atomic mass is 10.2. The maximum Gasteiger partial charge on any atom is 0.304 e. The first kappa shape index (κ1) is 17.0. The third-order valence-electron chi connectivity index (χ3n) is 3.04. The molecule has 116 valence electrons.